The second kappa shape index (κ2) is 5.24. The Kier molecular flexibility index (Phi) is 3.97. The predicted molar refractivity (Wildman–Crippen MR) is 60.5 cm³/mol. The van der Waals surface area contributed by atoms with Gasteiger partial charge in [-0.3, -0.25) is 9.69 Å². The van der Waals surface area contributed by atoms with Crippen LogP contribution in [0.25, 0.3) is 0 Å². The van der Waals surface area contributed by atoms with Crippen molar-refractivity contribution in [2.24, 2.45) is 11.7 Å². The fraction of sp³-hybridized carbons (Fsp3) is 0.400. The second-order valence-electron chi connectivity index (χ2n) is 3.68. The fourth-order valence-electron chi connectivity index (χ4n) is 1.20. The highest BCUT2D eigenvalue weighted by Crippen LogP contribution is 2.13. The maximum absolute atomic E-state index is 11.2. The number of hydrogen-bond acceptors (Lipinski definition) is 4. The molecular weight excluding hydrogens is 224 g/mol. The van der Waals surface area contributed by atoms with Gasteiger partial charge in [0.25, 0.3) is 0 Å². The Morgan fingerprint density at radius 2 is 2.00 bits per heavy atom. The number of urea groups is 1. The minimum Gasteiger partial charge on any atom is -0.481 e. The van der Waals surface area contributed by atoms with Crippen molar-refractivity contribution in [3.8, 4) is 0 Å². The molecule has 0 saturated carbocycles. The molecule has 17 heavy (non-hydrogen) atoms. The van der Waals surface area contributed by atoms with Crippen molar-refractivity contribution in [3.63, 3.8) is 0 Å². The van der Waals surface area contributed by atoms with E-state index in [1.807, 2.05) is 0 Å². The number of aromatic nitrogens is 2. The first-order valence-electron chi connectivity index (χ1n) is 5.00. The lowest BCUT2D eigenvalue weighted by Crippen LogP contribution is -2.40. The lowest BCUT2D eigenvalue weighted by atomic mass is 10.1. The molecule has 7 heteroatoms. The van der Waals surface area contributed by atoms with Crippen molar-refractivity contribution in [1.82, 2.24) is 9.97 Å². The molecule has 0 aromatic carbocycles. The van der Waals surface area contributed by atoms with Gasteiger partial charge in [-0.2, -0.15) is 0 Å². The first-order valence-corrected chi connectivity index (χ1v) is 5.00. The number of rotatable bonds is 4. The molecule has 0 saturated heterocycles. The number of aryl methyl sites for hydroxylation is 1. The first kappa shape index (κ1) is 12.9. The summed E-state index contributed by atoms with van der Waals surface area (Å²) >= 11 is 0. The molecule has 92 valence electrons. The molecule has 3 N–H and O–H groups in total. The van der Waals surface area contributed by atoms with E-state index in [0.717, 1.165) is 4.90 Å². The van der Waals surface area contributed by atoms with Crippen LogP contribution in [0, 0.1) is 12.8 Å². The third-order valence-electron chi connectivity index (χ3n) is 2.22. The molecule has 0 aliphatic heterocycles. The summed E-state index contributed by atoms with van der Waals surface area (Å²) in [7, 11) is 0. The van der Waals surface area contributed by atoms with E-state index in [0.29, 0.717) is 11.5 Å². The lowest BCUT2D eigenvalue weighted by Gasteiger charge is -2.21. The van der Waals surface area contributed by atoms with Crippen molar-refractivity contribution in [3.05, 3.63) is 18.2 Å². The molecule has 1 rings (SSSR count). The average molecular weight is 238 g/mol. The number of carboxylic acid groups (broad SMARTS) is 1. The van der Waals surface area contributed by atoms with Crippen LogP contribution in [0.5, 0.6) is 0 Å². The normalized spacial score (nSPS) is 11.9. The highest BCUT2D eigenvalue weighted by molar-refractivity contribution is 5.91. The Morgan fingerprint density at radius 1 is 1.47 bits per heavy atom. The summed E-state index contributed by atoms with van der Waals surface area (Å²) in [5.74, 6) is -1.16. The van der Waals surface area contributed by atoms with Crippen LogP contribution in [0.4, 0.5) is 10.5 Å². The Morgan fingerprint density at radius 3 is 2.41 bits per heavy atom. The Labute approximate surface area is 98.3 Å². The summed E-state index contributed by atoms with van der Waals surface area (Å²) in [6, 6.07) is -0.731. The second-order valence-corrected chi connectivity index (χ2v) is 3.68. The van der Waals surface area contributed by atoms with E-state index in [4.69, 9.17) is 10.8 Å². The molecule has 7 nitrogen and oxygen atoms in total. The fourth-order valence-corrected chi connectivity index (χ4v) is 1.20. The molecule has 0 radical (unpaired) electrons. The number of carboxylic acids is 1. The number of nitrogens with two attached hydrogens (primary N) is 1. The van der Waals surface area contributed by atoms with Gasteiger partial charge in [0, 0.05) is 6.54 Å². The third-order valence-corrected chi connectivity index (χ3v) is 2.22. The third kappa shape index (κ3) is 3.40. The quantitative estimate of drug-likeness (QED) is 0.788. The van der Waals surface area contributed by atoms with Crippen molar-refractivity contribution in [2.75, 3.05) is 11.4 Å². The van der Waals surface area contributed by atoms with E-state index in [9.17, 15) is 9.59 Å². The molecule has 0 aliphatic carbocycles. The monoisotopic (exact) mass is 238 g/mol. The number of carbonyl (C=O) groups excluding carboxylic acids is 1. The van der Waals surface area contributed by atoms with Crippen LogP contribution >= 0.6 is 0 Å². The van der Waals surface area contributed by atoms with Gasteiger partial charge in [-0.1, -0.05) is 6.92 Å². The lowest BCUT2D eigenvalue weighted by molar-refractivity contribution is -0.140. The van der Waals surface area contributed by atoms with E-state index in [1.54, 1.807) is 6.92 Å². The Bertz CT molecular complexity index is 418. The zero-order chi connectivity index (χ0) is 13.0. The van der Waals surface area contributed by atoms with Gasteiger partial charge in [-0.05, 0) is 6.92 Å². The summed E-state index contributed by atoms with van der Waals surface area (Å²) in [5, 5.41) is 8.79. The number of nitrogens with zero attached hydrogens (tertiary/aromatic N) is 3. The van der Waals surface area contributed by atoms with Crippen molar-refractivity contribution in [1.29, 1.82) is 0 Å². The summed E-state index contributed by atoms with van der Waals surface area (Å²) in [6.45, 7) is 3.18. The van der Waals surface area contributed by atoms with E-state index in [-0.39, 0.29) is 6.54 Å². The maximum atomic E-state index is 11.2. The van der Waals surface area contributed by atoms with Crippen LogP contribution in [-0.4, -0.2) is 33.6 Å². The Balaban J connectivity index is 2.90. The minimum absolute atomic E-state index is 0.0168. The molecule has 1 aromatic rings. The smallest absolute Gasteiger partial charge is 0.319 e. The highest BCUT2D eigenvalue weighted by Gasteiger charge is 2.20. The van der Waals surface area contributed by atoms with E-state index >= 15 is 0 Å². The van der Waals surface area contributed by atoms with E-state index < -0.39 is 17.9 Å². The summed E-state index contributed by atoms with van der Waals surface area (Å²) in [4.78, 5) is 31.0. The zero-order valence-electron chi connectivity index (χ0n) is 9.62. The van der Waals surface area contributed by atoms with Crippen LogP contribution in [-0.2, 0) is 4.79 Å². The van der Waals surface area contributed by atoms with Gasteiger partial charge in [0.05, 0.1) is 24.0 Å². The number of aliphatic carboxylic acids is 1. The van der Waals surface area contributed by atoms with Crippen LogP contribution in [0.2, 0.25) is 0 Å². The summed E-state index contributed by atoms with van der Waals surface area (Å²) in [6.07, 6.45) is 2.86. The van der Waals surface area contributed by atoms with Gasteiger partial charge in [-0.15, -0.1) is 0 Å². The average Bonchev–Trinajstić information content (AvgIpc) is 2.26. The first-order chi connectivity index (χ1) is 7.91. The largest absolute Gasteiger partial charge is 0.481 e. The predicted octanol–water partition coefficient (Wildman–Crippen LogP) is 0.391. The maximum Gasteiger partial charge on any atom is 0.319 e. The number of hydrogen-bond donors (Lipinski definition) is 2. The SMILES string of the molecule is Cc1ncc(N(CC(C)C(=O)O)C(N)=O)cn1. The molecule has 1 atom stereocenters. The molecule has 0 fully saturated rings. The van der Waals surface area contributed by atoms with Crippen LogP contribution < -0.4 is 10.6 Å². The topological polar surface area (TPSA) is 109 Å². The van der Waals surface area contributed by atoms with Crippen LogP contribution in [0.3, 0.4) is 0 Å². The van der Waals surface area contributed by atoms with Gasteiger partial charge < -0.3 is 10.8 Å². The molecular formula is C10H14N4O3. The molecule has 0 aliphatic rings. The molecule has 0 spiro atoms. The zero-order valence-corrected chi connectivity index (χ0v) is 9.62. The minimum atomic E-state index is -0.996. The van der Waals surface area contributed by atoms with Gasteiger partial charge >= 0.3 is 12.0 Å². The highest BCUT2D eigenvalue weighted by atomic mass is 16.4. The number of anilines is 1. The van der Waals surface area contributed by atoms with Crippen molar-refractivity contribution < 1.29 is 14.7 Å². The molecule has 2 amide bonds. The number of amides is 2. The Hall–Kier alpha value is -2.18. The van der Waals surface area contributed by atoms with E-state index in [2.05, 4.69) is 9.97 Å². The summed E-state index contributed by atoms with van der Waals surface area (Å²) < 4.78 is 0. The molecule has 1 heterocycles. The molecule has 1 aromatic heterocycles. The van der Waals surface area contributed by atoms with Crippen LogP contribution in [0.15, 0.2) is 12.4 Å². The van der Waals surface area contributed by atoms with E-state index in [1.165, 1.54) is 19.3 Å². The summed E-state index contributed by atoms with van der Waals surface area (Å²) in [5.41, 5.74) is 5.58. The van der Waals surface area contributed by atoms with Gasteiger partial charge in [0.15, 0.2) is 0 Å². The van der Waals surface area contributed by atoms with Gasteiger partial charge in [0.1, 0.15) is 5.82 Å². The number of primary amides is 1. The number of carbonyl (C=O) groups is 2. The van der Waals surface area contributed by atoms with Crippen molar-refractivity contribution >= 4 is 17.7 Å². The molecule has 0 bridgehead atoms. The van der Waals surface area contributed by atoms with Gasteiger partial charge in [-0.25, -0.2) is 14.8 Å². The van der Waals surface area contributed by atoms with Crippen LogP contribution in [0.1, 0.15) is 12.7 Å². The standard InChI is InChI=1S/C10H14N4O3/c1-6(9(15)16)5-14(10(11)17)8-3-12-7(2)13-4-8/h3-4,6H,5H2,1-2H3,(H2,11,17)(H,15,16). The van der Waals surface area contributed by atoms with Crippen molar-refractivity contribution in [2.45, 2.75) is 13.8 Å². The van der Waals surface area contributed by atoms with Gasteiger partial charge in [0.2, 0.25) is 0 Å². The molecule has 1 unspecified atom stereocenters.